The summed E-state index contributed by atoms with van der Waals surface area (Å²) in [5, 5.41) is 13.6. The number of guanidine groups is 1. The lowest BCUT2D eigenvalue weighted by atomic mass is 10.2. The van der Waals surface area contributed by atoms with Crippen LogP contribution in [0, 0.1) is 10.1 Å². The molecule has 1 rings (SSSR count). The minimum atomic E-state index is -0.558. The second-order valence-electron chi connectivity index (χ2n) is 2.78. The van der Waals surface area contributed by atoms with Gasteiger partial charge in [-0.3, -0.25) is 14.9 Å². The molecule has 0 aromatic heterocycles. The molecular weight excluding hydrogens is 214 g/mol. The zero-order chi connectivity index (χ0) is 12.1. The minimum absolute atomic E-state index is 0.0987. The van der Waals surface area contributed by atoms with E-state index in [-0.39, 0.29) is 17.2 Å². The summed E-state index contributed by atoms with van der Waals surface area (Å²) in [6.07, 6.45) is 0. The second kappa shape index (κ2) is 4.73. The molecule has 0 saturated heterocycles. The summed E-state index contributed by atoms with van der Waals surface area (Å²) in [6.45, 7) is 0. The highest BCUT2D eigenvalue weighted by Crippen LogP contribution is 2.11. The zero-order valence-electron chi connectivity index (χ0n) is 8.08. The molecule has 1 amide bonds. The van der Waals surface area contributed by atoms with E-state index in [1.54, 1.807) is 0 Å². The van der Waals surface area contributed by atoms with Gasteiger partial charge in [-0.2, -0.15) is 0 Å². The van der Waals surface area contributed by atoms with Gasteiger partial charge in [-0.15, -0.1) is 5.10 Å². The monoisotopic (exact) mass is 223 g/mol. The van der Waals surface area contributed by atoms with Gasteiger partial charge in [0, 0.05) is 17.7 Å². The third-order valence-electron chi connectivity index (χ3n) is 1.63. The number of nitro benzene ring substituents is 1. The second-order valence-corrected chi connectivity index (χ2v) is 2.78. The maximum Gasteiger partial charge on any atom is 0.271 e. The van der Waals surface area contributed by atoms with Crippen LogP contribution in [-0.4, -0.2) is 16.8 Å². The van der Waals surface area contributed by atoms with Gasteiger partial charge < -0.3 is 11.5 Å². The molecule has 0 radical (unpaired) electrons. The first-order valence-electron chi connectivity index (χ1n) is 4.14. The van der Waals surface area contributed by atoms with Crippen LogP contribution in [0.2, 0.25) is 0 Å². The van der Waals surface area contributed by atoms with Crippen LogP contribution in [0.15, 0.2) is 29.4 Å². The number of nitrogens with zero attached hydrogens (tertiary/aromatic N) is 2. The van der Waals surface area contributed by atoms with Crippen LogP contribution in [0.3, 0.4) is 0 Å². The van der Waals surface area contributed by atoms with E-state index in [0.29, 0.717) is 0 Å². The molecule has 0 atom stereocenters. The smallest absolute Gasteiger partial charge is 0.271 e. The molecule has 16 heavy (non-hydrogen) atoms. The minimum Gasteiger partial charge on any atom is -0.369 e. The quantitative estimate of drug-likeness (QED) is 0.275. The molecule has 0 aliphatic rings. The lowest BCUT2D eigenvalue weighted by Crippen LogP contribution is -2.28. The van der Waals surface area contributed by atoms with E-state index in [4.69, 9.17) is 11.5 Å². The summed E-state index contributed by atoms with van der Waals surface area (Å²) in [7, 11) is 0. The zero-order valence-corrected chi connectivity index (χ0v) is 8.08. The molecule has 0 heterocycles. The first-order valence-corrected chi connectivity index (χ1v) is 4.14. The molecule has 0 saturated carbocycles. The van der Waals surface area contributed by atoms with Crippen LogP contribution in [0.5, 0.6) is 0 Å². The van der Waals surface area contributed by atoms with Crippen LogP contribution in [0.4, 0.5) is 5.69 Å². The predicted octanol–water partition coefficient (Wildman–Crippen LogP) is -0.487. The fourth-order valence-electron chi connectivity index (χ4n) is 0.914. The number of rotatable bonds is 3. The Labute approximate surface area is 90.1 Å². The first kappa shape index (κ1) is 11.4. The van der Waals surface area contributed by atoms with Crippen molar-refractivity contribution < 1.29 is 9.72 Å². The van der Waals surface area contributed by atoms with Crippen molar-refractivity contribution in [3.8, 4) is 0 Å². The number of amides is 1. The summed E-state index contributed by atoms with van der Waals surface area (Å²) in [6, 6.07) is 5.03. The number of carbonyl (C=O) groups excluding carboxylic acids is 1. The average molecular weight is 223 g/mol. The van der Waals surface area contributed by atoms with Crippen LogP contribution in [-0.2, 0) is 0 Å². The number of non-ortho nitro benzene ring substituents is 1. The lowest BCUT2D eigenvalue weighted by Gasteiger charge is -1.99. The number of nitro groups is 1. The number of benzene rings is 1. The van der Waals surface area contributed by atoms with Gasteiger partial charge in [-0.05, 0) is 12.1 Å². The van der Waals surface area contributed by atoms with Crippen molar-refractivity contribution in [1.29, 1.82) is 0 Å². The fraction of sp³-hybridized carbons (Fsp3) is 0. The average Bonchev–Trinajstić information content (AvgIpc) is 2.26. The summed E-state index contributed by atoms with van der Waals surface area (Å²) in [5.41, 5.74) is 12.2. The maximum atomic E-state index is 11.3. The highest BCUT2D eigenvalue weighted by atomic mass is 16.6. The van der Waals surface area contributed by atoms with Gasteiger partial charge in [0.2, 0.25) is 5.96 Å². The van der Waals surface area contributed by atoms with E-state index in [2.05, 4.69) is 10.5 Å². The van der Waals surface area contributed by atoms with E-state index in [9.17, 15) is 14.9 Å². The van der Waals surface area contributed by atoms with Crippen LogP contribution >= 0.6 is 0 Å². The van der Waals surface area contributed by atoms with Gasteiger partial charge >= 0.3 is 0 Å². The standard InChI is InChI=1S/C8H9N5O3/c9-8(10)12-11-7(14)5-1-3-6(4-2-5)13(15)16/h1-4H,(H,11,14)(H4,9,10,12). The van der Waals surface area contributed by atoms with Crippen molar-refractivity contribution in [1.82, 2.24) is 5.43 Å². The highest BCUT2D eigenvalue weighted by molar-refractivity contribution is 5.95. The molecule has 8 nitrogen and oxygen atoms in total. The molecular formula is C8H9N5O3. The van der Waals surface area contributed by atoms with E-state index in [0.717, 1.165) is 0 Å². The van der Waals surface area contributed by atoms with E-state index in [1.807, 2.05) is 0 Å². The Morgan fingerprint density at radius 1 is 1.31 bits per heavy atom. The van der Waals surface area contributed by atoms with Crippen LogP contribution < -0.4 is 16.9 Å². The Kier molecular flexibility index (Phi) is 3.38. The summed E-state index contributed by atoms with van der Waals surface area (Å²) in [4.78, 5) is 21.1. The maximum absolute atomic E-state index is 11.3. The topological polar surface area (TPSA) is 137 Å². The van der Waals surface area contributed by atoms with Gasteiger partial charge in [0.25, 0.3) is 11.6 Å². The molecule has 0 aliphatic carbocycles. The number of nitrogens with two attached hydrogens (primary N) is 2. The molecule has 0 aliphatic heterocycles. The van der Waals surface area contributed by atoms with Crippen molar-refractivity contribution in [3.05, 3.63) is 39.9 Å². The molecule has 1 aromatic carbocycles. The van der Waals surface area contributed by atoms with E-state index >= 15 is 0 Å². The van der Waals surface area contributed by atoms with Crippen molar-refractivity contribution in [2.45, 2.75) is 0 Å². The number of hydrogen-bond donors (Lipinski definition) is 3. The Balaban J connectivity index is 2.78. The highest BCUT2D eigenvalue weighted by Gasteiger charge is 2.08. The van der Waals surface area contributed by atoms with E-state index < -0.39 is 10.8 Å². The summed E-state index contributed by atoms with van der Waals surface area (Å²) in [5.74, 6) is -0.835. The first-order chi connectivity index (χ1) is 7.50. The van der Waals surface area contributed by atoms with Gasteiger partial charge in [-0.25, -0.2) is 5.43 Å². The fourth-order valence-corrected chi connectivity index (χ4v) is 0.914. The van der Waals surface area contributed by atoms with Gasteiger partial charge in [-0.1, -0.05) is 0 Å². The van der Waals surface area contributed by atoms with Crippen molar-refractivity contribution >= 4 is 17.6 Å². The van der Waals surface area contributed by atoms with Crippen LogP contribution in [0.25, 0.3) is 0 Å². The van der Waals surface area contributed by atoms with Gasteiger partial charge in [0.15, 0.2) is 0 Å². The number of nitrogens with one attached hydrogen (secondary N) is 1. The molecule has 0 fully saturated rings. The van der Waals surface area contributed by atoms with E-state index in [1.165, 1.54) is 24.3 Å². The third kappa shape index (κ3) is 2.94. The molecule has 0 bridgehead atoms. The Hall–Kier alpha value is -2.64. The molecule has 84 valence electrons. The molecule has 5 N–H and O–H groups in total. The van der Waals surface area contributed by atoms with Crippen molar-refractivity contribution in [2.75, 3.05) is 0 Å². The molecule has 0 spiro atoms. The Morgan fingerprint density at radius 3 is 2.31 bits per heavy atom. The summed E-state index contributed by atoms with van der Waals surface area (Å²) < 4.78 is 0. The molecule has 1 aromatic rings. The Morgan fingerprint density at radius 2 is 1.88 bits per heavy atom. The third-order valence-corrected chi connectivity index (χ3v) is 1.63. The van der Waals surface area contributed by atoms with Gasteiger partial charge in [0.05, 0.1) is 4.92 Å². The van der Waals surface area contributed by atoms with Crippen molar-refractivity contribution in [3.63, 3.8) is 0 Å². The van der Waals surface area contributed by atoms with Gasteiger partial charge in [0.1, 0.15) is 0 Å². The Bertz CT molecular complexity index is 435. The summed E-state index contributed by atoms with van der Waals surface area (Å²) >= 11 is 0. The number of hydrogen-bond acceptors (Lipinski definition) is 4. The lowest BCUT2D eigenvalue weighted by molar-refractivity contribution is -0.384. The number of carbonyl (C=O) groups is 1. The van der Waals surface area contributed by atoms with Crippen molar-refractivity contribution in [2.24, 2.45) is 16.6 Å². The molecule has 8 heteroatoms. The normalized spacial score (nSPS) is 9.25. The largest absolute Gasteiger partial charge is 0.369 e. The van der Waals surface area contributed by atoms with Crippen LogP contribution in [0.1, 0.15) is 10.4 Å². The SMILES string of the molecule is NC(N)=NNC(=O)c1ccc([N+](=O)[O-])cc1. The predicted molar refractivity (Wildman–Crippen MR) is 56.4 cm³/mol. The number of hydrazone groups is 1. The molecule has 0 unspecified atom stereocenters.